The third-order valence-electron chi connectivity index (χ3n) is 4.50. The summed E-state index contributed by atoms with van der Waals surface area (Å²) in [6.07, 6.45) is -4.60. The van der Waals surface area contributed by atoms with Gasteiger partial charge in [0, 0.05) is 13.8 Å². The summed E-state index contributed by atoms with van der Waals surface area (Å²) in [4.78, 5) is 23.2. The van der Waals surface area contributed by atoms with Crippen molar-refractivity contribution in [2.75, 3.05) is 6.61 Å². The molecular weight excluding hydrogens is 366 g/mol. The monoisotopic (exact) mass is 389 g/mol. The Hall–Kier alpha value is -2.68. The molecule has 1 saturated heterocycles. The van der Waals surface area contributed by atoms with Crippen molar-refractivity contribution in [3.8, 4) is 5.75 Å². The van der Waals surface area contributed by atoms with Gasteiger partial charge in [-0.05, 0) is 22.9 Å². The molecule has 28 heavy (non-hydrogen) atoms. The van der Waals surface area contributed by atoms with Gasteiger partial charge >= 0.3 is 5.97 Å². The minimum Gasteiger partial charge on any atom is -0.463 e. The SMILES string of the molecule is CC(=O)N[C@@H]1[C@@H](Oc2ccc3ccccc3c2)O[C@@H](CO)[C@@H](O)[C@@H]1OC(C)=O. The molecule has 1 heterocycles. The van der Waals surface area contributed by atoms with Gasteiger partial charge in [0.1, 0.15) is 24.0 Å². The number of fused-ring (bicyclic) bond motifs is 1. The van der Waals surface area contributed by atoms with Crippen molar-refractivity contribution in [3.63, 3.8) is 0 Å². The highest BCUT2D eigenvalue weighted by Crippen LogP contribution is 2.28. The molecule has 3 rings (SSSR count). The van der Waals surface area contributed by atoms with Crippen LogP contribution in [0.4, 0.5) is 0 Å². The number of rotatable bonds is 5. The van der Waals surface area contributed by atoms with Crippen LogP contribution in [0.2, 0.25) is 0 Å². The van der Waals surface area contributed by atoms with Crippen molar-refractivity contribution in [1.82, 2.24) is 5.32 Å². The van der Waals surface area contributed by atoms with E-state index in [-0.39, 0.29) is 0 Å². The average Bonchev–Trinajstić information content (AvgIpc) is 2.66. The lowest BCUT2D eigenvalue weighted by Gasteiger charge is -2.43. The zero-order chi connectivity index (χ0) is 20.3. The van der Waals surface area contributed by atoms with Crippen LogP contribution in [0.5, 0.6) is 5.75 Å². The molecule has 2 aromatic carbocycles. The van der Waals surface area contributed by atoms with E-state index in [2.05, 4.69) is 5.32 Å². The first-order valence-corrected chi connectivity index (χ1v) is 8.93. The van der Waals surface area contributed by atoms with Crippen LogP contribution in [0.15, 0.2) is 42.5 Å². The molecular formula is C20H23NO7. The van der Waals surface area contributed by atoms with Gasteiger partial charge in [-0.2, -0.15) is 0 Å². The quantitative estimate of drug-likeness (QED) is 0.646. The summed E-state index contributed by atoms with van der Waals surface area (Å²) in [5, 5.41) is 24.5. The predicted molar refractivity (Wildman–Crippen MR) is 99.5 cm³/mol. The standard InChI is InChI=1S/C20H23NO7/c1-11(23)21-17-19(26-12(2)24)18(25)16(10-22)28-20(17)27-15-8-7-13-5-3-4-6-14(13)9-15/h3-9,16-20,22,25H,10H2,1-2H3,(H,21,23)/t16-,17-,18+,19+,20-/m0/s1. The predicted octanol–water partition coefficient (Wildman–Crippen LogP) is 0.733. The number of aliphatic hydroxyl groups is 2. The normalized spacial score (nSPS) is 27.2. The number of amides is 1. The fraction of sp³-hybridized carbons (Fsp3) is 0.400. The average molecular weight is 389 g/mol. The highest BCUT2D eigenvalue weighted by molar-refractivity contribution is 5.83. The molecule has 0 spiro atoms. The third-order valence-corrected chi connectivity index (χ3v) is 4.50. The van der Waals surface area contributed by atoms with Crippen LogP contribution in [-0.4, -0.2) is 59.3 Å². The lowest BCUT2D eigenvalue weighted by molar-refractivity contribution is -0.249. The number of benzene rings is 2. The number of nitrogens with one attached hydrogen (secondary N) is 1. The van der Waals surface area contributed by atoms with Gasteiger partial charge in [-0.15, -0.1) is 0 Å². The highest BCUT2D eigenvalue weighted by atomic mass is 16.7. The van der Waals surface area contributed by atoms with E-state index in [9.17, 15) is 19.8 Å². The third kappa shape index (κ3) is 4.41. The smallest absolute Gasteiger partial charge is 0.303 e. The first-order valence-electron chi connectivity index (χ1n) is 8.93. The maximum Gasteiger partial charge on any atom is 0.303 e. The topological polar surface area (TPSA) is 114 Å². The summed E-state index contributed by atoms with van der Waals surface area (Å²) in [5.41, 5.74) is 0. The van der Waals surface area contributed by atoms with E-state index >= 15 is 0 Å². The lowest BCUT2D eigenvalue weighted by atomic mass is 9.96. The Morgan fingerprint density at radius 2 is 1.86 bits per heavy atom. The zero-order valence-electron chi connectivity index (χ0n) is 15.6. The molecule has 1 aliphatic rings. The molecule has 0 aromatic heterocycles. The molecule has 150 valence electrons. The largest absolute Gasteiger partial charge is 0.463 e. The van der Waals surface area contributed by atoms with Gasteiger partial charge in [-0.25, -0.2) is 0 Å². The summed E-state index contributed by atoms with van der Waals surface area (Å²) >= 11 is 0. The summed E-state index contributed by atoms with van der Waals surface area (Å²) in [6.45, 7) is 1.98. The molecule has 1 amide bonds. The summed E-state index contributed by atoms with van der Waals surface area (Å²) < 4.78 is 16.8. The van der Waals surface area contributed by atoms with Crippen LogP contribution in [0.25, 0.3) is 10.8 Å². The Balaban J connectivity index is 1.91. The second kappa shape index (κ2) is 8.55. The number of esters is 1. The van der Waals surface area contributed by atoms with E-state index in [4.69, 9.17) is 14.2 Å². The second-order valence-electron chi connectivity index (χ2n) is 6.64. The van der Waals surface area contributed by atoms with E-state index in [1.165, 1.54) is 13.8 Å². The van der Waals surface area contributed by atoms with Crippen LogP contribution in [0.3, 0.4) is 0 Å². The Bertz CT molecular complexity index is 855. The lowest BCUT2D eigenvalue weighted by Crippen LogP contribution is -2.66. The van der Waals surface area contributed by atoms with Crippen molar-refractivity contribution in [1.29, 1.82) is 0 Å². The summed E-state index contributed by atoms with van der Waals surface area (Å²) in [5.74, 6) is -0.580. The number of hydrogen-bond acceptors (Lipinski definition) is 7. The van der Waals surface area contributed by atoms with Crippen molar-refractivity contribution in [2.45, 2.75) is 44.5 Å². The zero-order valence-corrected chi connectivity index (χ0v) is 15.6. The Labute approximate surface area is 162 Å². The van der Waals surface area contributed by atoms with Gasteiger partial charge in [-0.3, -0.25) is 9.59 Å². The van der Waals surface area contributed by atoms with E-state index in [0.717, 1.165) is 10.8 Å². The highest BCUT2D eigenvalue weighted by Gasteiger charge is 2.48. The Morgan fingerprint density at radius 3 is 2.50 bits per heavy atom. The molecule has 0 bridgehead atoms. The molecule has 8 heteroatoms. The number of hydrogen-bond donors (Lipinski definition) is 3. The fourth-order valence-corrected chi connectivity index (χ4v) is 3.26. The van der Waals surface area contributed by atoms with E-state index in [1.807, 2.05) is 36.4 Å². The number of carbonyl (C=O) groups excluding carboxylic acids is 2. The number of ether oxygens (including phenoxy) is 3. The van der Waals surface area contributed by atoms with Crippen molar-refractivity contribution in [2.24, 2.45) is 0 Å². The van der Waals surface area contributed by atoms with Crippen molar-refractivity contribution >= 4 is 22.6 Å². The molecule has 0 unspecified atom stereocenters. The van der Waals surface area contributed by atoms with Crippen molar-refractivity contribution in [3.05, 3.63) is 42.5 Å². The molecule has 3 N–H and O–H groups in total. The molecule has 2 aromatic rings. The van der Waals surface area contributed by atoms with Gasteiger partial charge in [-0.1, -0.05) is 30.3 Å². The second-order valence-corrected chi connectivity index (χ2v) is 6.64. The maximum absolute atomic E-state index is 11.7. The van der Waals surface area contributed by atoms with E-state index in [0.29, 0.717) is 5.75 Å². The van der Waals surface area contributed by atoms with Crippen molar-refractivity contribution < 1.29 is 34.0 Å². The minimum atomic E-state index is -1.33. The van der Waals surface area contributed by atoms with E-state index in [1.54, 1.807) is 6.07 Å². The summed E-state index contributed by atoms with van der Waals surface area (Å²) in [7, 11) is 0. The molecule has 0 radical (unpaired) electrons. The van der Waals surface area contributed by atoms with Gasteiger partial charge < -0.3 is 29.7 Å². The summed E-state index contributed by atoms with van der Waals surface area (Å²) in [6, 6.07) is 12.2. The van der Waals surface area contributed by atoms with Crippen LogP contribution in [-0.2, 0) is 19.1 Å². The molecule has 5 atom stereocenters. The molecule has 0 saturated carbocycles. The van der Waals surface area contributed by atoms with Crippen LogP contribution < -0.4 is 10.1 Å². The molecule has 1 aliphatic heterocycles. The first kappa shape index (κ1) is 20.1. The fourth-order valence-electron chi connectivity index (χ4n) is 3.26. The van der Waals surface area contributed by atoms with Crippen LogP contribution in [0, 0.1) is 0 Å². The van der Waals surface area contributed by atoms with Gasteiger partial charge in [0.05, 0.1) is 6.61 Å². The molecule has 0 aliphatic carbocycles. The molecule has 8 nitrogen and oxygen atoms in total. The first-order chi connectivity index (χ1) is 13.4. The van der Waals surface area contributed by atoms with Gasteiger partial charge in [0.2, 0.25) is 12.2 Å². The maximum atomic E-state index is 11.7. The van der Waals surface area contributed by atoms with Gasteiger partial charge in [0.15, 0.2) is 6.10 Å². The molecule has 1 fully saturated rings. The van der Waals surface area contributed by atoms with E-state index < -0.39 is 49.1 Å². The van der Waals surface area contributed by atoms with Gasteiger partial charge in [0.25, 0.3) is 0 Å². The van der Waals surface area contributed by atoms with Crippen LogP contribution in [0.1, 0.15) is 13.8 Å². The number of carbonyl (C=O) groups is 2. The Morgan fingerprint density at radius 1 is 1.14 bits per heavy atom. The minimum absolute atomic E-state index is 0.410. The Kier molecular flexibility index (Phi) is 6.13. The number of aliphatic hydroxyl groups excluding tert-OH is 2. The van der Waals surface area contributed by atoms with Crippen LogP contribution >= 0.6 is 0 Å².